The summed E-state index contributed by atoms with van der Waals surface area (Å²) in [6.07, 6.45) is 1.01. The predicted molar refractivity (Wildman–Crippen MR) is 56.1 cm³/mol. The van der Waals surface area contributed by atoms with Crippen molar-refractivity contribution in [2.75, 3.05) is 0 Å². The molecule has 1 atom stereocenters. The molecule has 0 amide bonds. The first-order valence-electron chi connectivity index (χ1n) is 5.05. The standard InChI is InChI=1S/C11H22O3/c1-8(2)11(5,9(12)13)7-6-10(3,4)14/h8,14H,6-7H2,1-5H3,(H,12,13). The molecule has 0 fully saturated rings. The minimum Gasteiger partial charge on any atom is -0.481 e. The Balaban J connectivity index is 4.48. The van der Waals surface area contributed by atoms with Crippen LogP contribution in [0.4, 0.5) is 0 Å². The van der Waals surface area contributed by atoms with Crippen LogP contribution in [0.2, 0.25) is 0 Å². The van der Waals surface area contributed by atoms with Gasteiger partial charge in [0.15, 0.2) is 0 Å². The van der Waals surface area contributed by atoms with Crippen molar-refractivity contribution in [3.05, 3.63) is 0 Å². The minimum absolute atomic E-state index is 0.0716. The highest BCUT2D eigenvalue weighted by molar-refractivity contribution is 5.74. The maximum absolute atomic E-state index is 11.1. The molecule has 3 nitrogen and oxygen atoms in total. The molecule has 0 aromatic rings. The third kappa shape index (κ3) is 3.66. The van der Waals surface area contributed by atoms with Crippen molar-refractivity contribution in [1.29, 1.82) is 0 Å². The average Bonchev–Trinajstić information content (AvgIpc) is 1.97. The van der Waals surface area contributed by atoms with E-state index in [0.29, 0.717) is 12.8 Å². The summed E-state index contributed by atoms with van der Waals surface area (Å²) in [7, 11) is 0. The van der Waals surface area contributed by atoms with Crippen LogP contribution in [0.1, 0.15) is 47.5 Å². The highest BCUT2D eigenvalue weighted by Gasteiger charge is 2.37. The van der Waals surface area contributed by atoms with Crippen molar-refractivity contribution in [3.8, 4) is 0 Å². The molecule has 0 aliphatic carbocycles. The minimum atomic E-state index is -0.786. The van der Waals surface area contributed by atoms with Crippen molar-refractivity contribution < 1.29 is 15.0 Å². The largest absolute Gasteiger partial charge is 0.481 e. The molecule has 0 aliphatic rings. The van der Waals surface area contributed by atoms with Crippen molar-refractivity contribution in [2.24, 2.45) is 11.3 Å². The van der Waals surface area contributed by atoms with Crippen LogP contribution in [0.5, 0.6) is 0 Å². The van der Waals surface area contributed by atoms with Gasteiger partial charge in [0.2, 0.25) is 0 Å². The third-order valence-electron chi connectivity index (χ3n) is 3.02. The van der Waals surface area contributed by atoms with E-state index in [9.17, 15) is 9.90 Å². The Labute approximate surface area is 86.1 Å². The Morgan fingerprint density at radius 3 is 1.86 bits per heavy atom. The molecule has 14 heavy (non-hydrogen) atoms. The molecular weight excluding hydrogens is 180 g/mol. The monoisotopic (exact) mass is 202 g/mol. The van der Waals surface area contributed by atoms with E-state index < -0.39 is 17.0 Å². The molecule has 0 aliphatic heterocycles. The number of carboxylic acid groups (broad SMARTS) is 1. The molecule has 0 aromatic carbocycles. The zero-order chi connectivity index (χ0) is 11.6. The first-order chi connectivity index (χ1) is 6.09. The van der Waals surface area contributed by atoms with Gasteiger partial charge in [0.05, 0.1) is 11.0 Å². The Morgan fingerprint density at radius 1 is 1.21 bits per heavy atom. The van der Waals surface area contributed by atoms with Crippen LogP contribution in [-0.4, -0.2) is 21.8 Å². The SMILES string of the molecule is CC(C)C(C)(CCC(C)(C)O)C(=O)O. The maximum atomic E-state index is 11.1. The van der Waals surface area contributed by atoms with Crippen molar-refractivity contribution in [3.63, 3.8) is 0 Å². The van der Waals surface area contributed by atoms with E-state index >= 15 is 0 Å². The number of rotatable bonds is 5. The highest BCUT2D eigenvalue weighted by Crippen LogP contribution is 2.34. The zero-order valence-electron chi connectivity index (χ0n) is 9.79. The molecule has 0 heterocycles. The van der Waals surface area contributed by atoms with Crippen molar-refractivity contribution in [1.82, 2.24) is 0 Å². The molecule has 84 valence electrons. The van der Waals surface area contributed by atoms with Crippen molar-refractivity contribution in [2.45, 2.75) is 53.1 Å². The first-order valence-corrected chi connectivity index (χ1v) is 5.05. The predicted octanol–water partition coefficient (Wildman–Crippen LogP) is 2.28. The van der Waals surface area contributed by atoms with Gasteiger partial charge in [-0.05, 0) is 39.5 Å². The highest BCUT2D eigenvalue weighted by atomic mass is 16.4. The van der Waals surface area contributed by atoms with Gasteiger partial charge in [0, 0.05) is 0 Å². The second-order valence-electron chi connectivity index (χ2n) is 5.19. The molecule has 0 spiro atoms. The van der Waals surface area contributed by atoms with Gasteiger partial charge in [0.25, 0.3) is 0 Å². The molecule has 0 saturated heterocycles. The fourth-order valence-electron chi connectivity index (χ4n) is 1.21. The number of hydrogen-bond donors (Lipinski definition) is 2. The molecule has 3 heteroatoms. The summed E-state index contributed by atoms with van der Waals surface area (Å²) in [5.41, 5.74) is -1.52. The van der Waals surface area contributed by atoms with E-state index in [0.717, 1.165) is 0 Å². The lowest BCUT2D eigenvalue weighted by Crippen LogP contribution is -2.35. The quantitative estimate of drug-likeness (QED) is 0.719. The van der Waals surface area contributed by atoms with Gasteiger partial charge in [-0.25, -0.2) is 0 Å². The van der Waals surface area contributed by atoms with Crippen LogP contribution in [0.15, 0.2) is 0 Å². The summed E-state index contributed by atoms with van der Waals surface area (Å²) in [5.74, 6) is -0.709. The lowest BCUT2D eigenvalue weighted by Gasteiger charge is -2.31. The molecule has 0 aromatic heterocycles. The van der Waals surface area contributed by atoms with Gasteiger partial charge < -0.3 is 10.2 Å². The number of aliphatic carboxylic acids is 1. The number of hydrogen-bond acceptors (Lipinski definition) is 2. The van der Waals surface area contributed by atoms with E-state index in [1.54, 1.807) is 20.8 Å². The first kappa shape index (κ1) is 13.4. The van der Waals surface area contributed by atoms with E-state index in [-0.39, 0.29) is 5.92 Å². The lowest BCUT2D eigenvalue weighted by atomic mass is 9.74. The van der Waals surface area contributed by atoms with Gasteiger partial charge >= 0.3 is 5.97 Å². The van der Waals surface area contributed by atoms with E-state index in [1.807, 2.05) is 13.8 Å². The summed E-state index contributed by atoms with van der Waals surface area (Å²) in [6.45, 7) is 8.95. The normalized spacial score (nSPS) is 16.8. The summed E-state index contributed by atoms with van der Waals surface area (Å²) in [6, 6.07) is 0. The van der Waals surface area contributed by atoms with Crippen LogP contribution >= 0.6 is 0 Å². The lowest BCUT2D eigenvalue weighted by molar-refractivity contribution is -0.151. The van der Waals surface area contributed by atoms with E-state index in [4.69, 9.17) is 5.11 Å². The van der Waals surface area contributed by atoms with Gasteiger partial charge in [-0.3, -0.25) is 4.79 Å². The van der Waals surface area contributed by atoms with Gasteiger partial charge in [-0.15, -0.1) is 0 Å². The molecule has 0 saturated carbocycles. The van der Waals surface area contributed by atoms with Gasteiger partial charge in [-0.1, -0.05) is 13.8 Å². The Hall–Kier alpha value is -0.570. The Kier molecular flexibility index (Phi) is 4.13. The summed E-state index contributed by atoms with van der Waals surface area (Å²) in [4.78, 5) is 11.1. The fraction of sp³-hybridized carbons (Fsp3) is 0.909. The third-order valence-corrected chi connectivity index (χ3v) is 3.02. The van der Waals surface area contributed by atoms with Gasteiger partial charge in [0.1, 0.15) is 0 Å². The number of aliphatic hydroxyl groups is 1. The number of carbonyl (C=O) groups is 1. The van der Waals surface area contributed by atoms with Crippen LogP contribution in [-0.2, 0) is 4.79 Å². The van der Waals surface area contributed by atoms with E-state index in [2.05, 4.69) is 0 Å². The van der Waals surface area contributed by atoms with Crippen molar-refractivity contribution >= 4 is 5.97 Å². The van der Waals surface area contributed by atoms with E-state index in [1.165, 1.54) is 0 Å². The van der Waals surface area contributed by atoms with Crippen LogP contribution in [0, 0.1) is 11.3 Å². The molecule has 0 radical (unpaired) electrons. The molecule has 0 rings (SSSR count). The average molecular weight is 202 g/mol. The zero-order valence-corrected chi connectivity index (χ0v) is 9.79. The second-order valence-corrected chi connectivity index (χ2v) is 5.19. The van der Waals surface area contributed by atoms with Gasteiger partial charge in [-0.2, -0.15) is 0 Å². The second kappa shape index (κ2) is 4.30. The molecule has 1 unspecified atom stereocenters. The summed E-state index contributed by atoms with van der Waals surface area (Å²) in [5, 5.41) is 18.7. The van der Waals surface area contributed by atoms with Crippen LogP contribution in [0.25, 0.3) is 0 Å². The smallest absolute Gasteiger partial charge is 0.309 e. The molecule has 0 bridgehead atoms. The summed E-state index contributed by atoms with van der Waals surface area (Å²) >= 11 is 0. The Bertz CT molecular complexity index is 203. The summed E-state index contributed by atoms with van der Waals surface area (Å²) < 4.78 is 0. The maximum Gasteiger partial charge on any atom is 0.309 e. The van der Waals surface area contributed by atoms with Crippen LogP contribution < -0.4 is 0 Å². The number of carboxylic acids is 1. The fourth-order valence-corrected chi connectivity index (χ4v) is 1.21. The molecule has 2 N–H and O–H groups in total. The topological polar surface area (TPSA) is 57.5 Å². The Morgan fingerprint density at radius 2 is 1.64 bits per heavy atom. The van der Waals surface area contributed by atoms with Crippen LogP contribution in [0.3, 0.4) is 0 Å². The molecular formula is C11H22O3.